The molecule has 134 valence electrons. The molecule has 1 aliphatic heterocycles. The first-order chi connectivity index (χ1) is 12.6. The predicted octanol–water partition coefficient (Wildman–Crippen LogP) is 3.45. The summed E-state index contributed by atoms with van der Waals surface area (Å²) in [4.78, 5) is 12.3. The van der Waals surface area contributed by atoms with Gasteiger partial charge in [0.05, 0.1) is 6.21 Å². The zero-order valence-corrected chi connectivity index (χ0v) is 15.2. The van der Waals surface area contributed by atoms with Crippen LogP contribution in [-0.2, 0) is 4.79 Å². The van der Waals surface area contributed by atoms with E-state index in [9.17, 15) is 4.79 Å². The van der Waals surface area contributed by atoms with Gasteiger partial charge >= 0.3 is 0 Å². The highest BCUT2D eigenvalue weighted by Gasteiger charge is 2.30. The molecule has 0 radical (unpaired) electrons. The summed E-state index contributed by atoms with van der Waals surface area (Å²) in [7, 11) is 0. The number of nitrogens with one attached hydrogen (secondary N) is 3. The standard InChI is InChI=1S/C20H21ClN4O/c1-14(11-15-7-3-2-4-8-15)13-22-25-20(26)19-12-18(23-24-19)16-9-5-6-10-17(16)21/h2-11,13,18-19,23-24H,12H2,1H3,(H,25,26)/b14-11-,22-13+. The normalized spacial score (nSPS) is 20.5. The fourth-order valence-electron chi connectivity index (χ4n) is 2.81. The van der Waals surface area contributed by atoms with Crippen molar-refractivity contribution in [3.05, 3.63) is 76.3 Å². The molecule has 0 bridgehead atoms. The van der Waals surface area contributed by atoms with Crippen LogP contribution in [0.15, 0.2) is 65.3 Å². The molecule has 1 amide bonds. The van der Waals surface area contributed by atoms with Gasteiger partial charge in [0.25, 0.3) is 5.91 Å². The lowest BCUT2D eigenvalue weighted by atomic mass is 10.0. The molecule has 1 saturated heterocycles. The topological polar surface area (TPSA) is 65.5 Å². The number of hydrogen-bond donors (Lipinski definition) is 3. The summed E-state index contributed by atoms with van der Waals surface area (Å²) in [5.41, 5.74) is 11.7. The Morgan fingerprint density at radius 3 is 2.65 bits per heavy atom. The van der Waals surface area contributed by atoms with Gasteiger partial charge in [0, 0.05) is 11.1 Å². The summed E-state index contributed by atoms with van der Waals surface area (Å²) >= 11 is 6.22. The summed E-state index contributed by atoms with van der Waals surface area (Å²) < 4.78 is 0. The van der Waals surface area contributed by atoms with Crippen LogP contribution in [0.5, 0.6) is 0 Å². The molecule has 2 atom stereocenters. The van der Waals surface area contributed by atoms with Crippen LogP contribution in [0.1, 0.15) is 30.5 Å². The number of hydrazine groups is 1. The van der Waals surface area contributed by atoms with E-state index in [0.29, 0.717) is 11.4 Å². The second-order valence-corrected chi connectivity index (χ2v) is 6.59. The zero-order chi connectivity index (χ0) is 18.4. The molecular weight excluding hydrogens is 348 g/mol. The lowest BCUT2D eigenvalue weighted by Gasteiger charge is -2.11. The van der Waals surface area contributed by atoms with E-state index in [4.69, 9.17) is 11.6 Å². The third-order valence-electron chi connectivity index (χ3n) is 4.14. The molecule has 2 aromatic rings. The lowest BCUT2D eigenvalue weighted by Crippen LogP contribution is -2.41. The van der Waals surface area contributed by atoms with Gasteiger partial charge in [-0.1, -0.05) is 66.2 Å². The van der Waals surface area contributed by atoms with Crippen LogP contribution in [0.4, 0.5) is 0 Å². The first-order valence-corrected chi connectivity index (χ1v) is 8.83. The molecular formula is C20H21ClN4O. The number of hydrogen-bond acceptors (Lipinski definition) is 4. The molecule has 0 saturated carbocycles. The quantitative estimate of drug-likeness (QED) is 0.559. The summed E-state index contributed by atoms with van der Waals surface area (Å²) in [6, 6.07) is 17.2. The van der Waals surface area contributed by atoms with Crippen molar-refractivity contribution in [1.82, 2.24) is 16.3 Å². The Morgan fingerprint density at radius 1 is 1.15 bits per heavy atom. The first-order valence-electron chi connectivity index (χ1n) is 8.45. The second kappa shape index (κ2) is 8.76. The van der Waals surface area contributed by atoms with Crippen LogP contribution in [-0.4, -0.2) is 18.2 Å². The van der Waals surface area contributed by atoms with Crippen molar-refractivity contribution in [2.75, 3.05) is 0 Å². The molecule has 3 rings (SSSR count). The van der Waals surface area contributed by atoms with Gasteiger partial charge in [0.1, 0.15) is 6.04 Å². The number of carbonyl (C=O) groups excluding carboxylic acids is 1. The number of allylic oxidation sites excluding steroid dienone is 1. The fourth-order valence-corrected chi connectivity index (χ4v) is 3.08. The third-order valence-corrected chi connectivity index (χ3v) is 4.48. The van der Waals surface area contributed by atoms with Crippen molar-refractivity contribution >= 4 is 29.8 Å². The van der Waals surface area contributed by atoms with Crippen LogP contribution in [0.25, 0.3) is 6.08 Å². The summed E-state index contributed by atoms with van der Waals surface area (Å²) in [5, 5.41) is 4.73. The Hall–Kier alpha value is -2.47. The van der Waals surface area contributed by atoms with Gasteiger partial charge in [-0.25, -0.2) is 16.3 Å². The average Bonchev–Trinajstić information content (AvgIpc) is 3.13. The Morgan fingerprint density at radius 2 is 1.88 bits per heavy atom. The van der Waals surface area contributed by atoms with Crippen LogP contribution < -0.4 is 16.3 Å². The highest BCUT2D eigenvalue weighted by molar-refractivity contribution is 6.31. The number of carbonyl (C=O) groups is 1. The van der Waals surface area contributed by atoms with Crippen molar-refractivity contribution in [3.8, 4) is 0 Å². The molecule has 2 aromatic carbocycles. The maximum atomic E-state index is 12.3. The maximum absolute atomic E-state index is 12.3. The highest BCUT2D eigenvalue weighted by Crippen LogP contribution is 2.28. The van der Waals surface area contributed by atoms with Gasteiger partial charge in [0.2, 0.25) is 0 Å². The third kappa shape index (κ3) is 4.79. The van der Waals surface area contributed by atoms with Gasteiger partial charge in [-0.3, -0.25) is 4.79 Å². The average molecular weight is 369 g/mol. The number of benzene rings is 2. The molecule has 0 spiro atoms. The fraction of sp³-hybridized carbons (Fsp3) is 0.200. The highest BCUT2D eigenvalue weighted by atomic mass is 35.5. The van der Waals surface area contributed by atoms with Gasteiger partial charge < -0.3 is 0 Å². The number of amides is 1. The van der Waals surface area contributed by atoms with E-state index in [1.165, 1.54) is 0 Å². The van der Waals surface area contributed by atoms with Crippen LogP contribution >= 0.6 is 11.6 Å². The Kier molecular flexibility index (Phi) is 6.17. The molecule has 3 N–H and O–H groups in total. The van der Waals surface area contributed by atoms with Crippen LogP contribution in [0, 0.1) is 0 Å². The molecule has 5 nitrogen and oxygen atoms in total. The first kappa shape index (κ1) is 18.3. The smallest absolute Gasteiger partial charge is 0.258 e. The van der Waals surface area contributed by atoms with Crippen LogP contribution in [0.2, 0.25) is 5.02 Å². The van der Waals surface area contributed by atoms with E-state index in [1.807, 2.05) is 67.6 Å². The molecule has 6 heteroatoms. The van der Waals surface area contributed by atoms with Crippen molar-refractivity contribution in [2.45, 2.75) is 25.4 Å². The van der Waals surface area contributed by atoms with E-state index in [2.05, 4.69) is 21.4 Å². The molecule has 2 unspecified atom stereocenters. The van der Waals surface area contributed by atoms with Gasteiger partial charge in [0.15, 0.2) is 0 Å². The van der Waals surface area contributed by atoms with E-state index >= 15 is 0 Å². The lowest BCUT2D eigenvalue weighted by molar-refractivity contribution is -0.122. The van der Waals surface area contributed by atoms with Crippen molar-refractivity contribution < 1.29 is 4.79 Å². The van der Waals surface area contributed by atoms with Crippen molar-refractivity contribution in [1.29, 1.82) is 0 Å². The number of halogens is 1. The molecule has 0 aromatic heterocycles. The Balaban J connectivity index is 1.53. The summed E-state index contributed by atoms with van der Waals surface area (Å²) in [6.45, 7) is 1.94. The van der Waals surface area contributed by atoms with Gasteiger partial charge in [-0.15, -0.1) is 0 Å². The van der Waals surface area contributed by atoms with E-state index < -0.39 is 0 Å². The SMILES string of the molecule is CC(=C/c1ccccc1)/C=N/NC(=O)C1CC(c2ccccc2Cl)NN1. The Labute approximate surface area is 158 Å². The minimum Gasteiger partial charge on any atom is -0.271 e. The number of hydrazone groups is 1. The van der Waals surface area contributed by atoms with E-state index in [1.54, 1.807) is 6.21 Å². The van der Waals surface area contributed by atoms with E-state index in [0.717, 1.165) is 16.7 Å². The molecule has 1 heterocycles. The van der Waals surface area contributed by atoms with Crippen molar-refractivity contribution in [3.63, 3.8) is 0 Å². The Bertz CT molecular complexity index is 820. The van der Waals surface area contributed by atoms with Gasteiger partial charge in [-0.05, 0) is 36.1 Å². The molecule has 1 fully saturated rings. The second-order valence-electron chi connectivity index (χ2n) is 6.18. The molecule has 1 aliphatic rings. The summed E-state index contributed by atoms with van der Waals surface area (Å²) in [6.07, 6.45) is 4.24. The van der Waals surface area contributed by atoms with Crippen molar-refractivity contribution in [2.24, 2.45) is 5.10 Å². The zero-order valence-electron chi connectivity index (χ0n) is 14.4. The minimum atomic E-state index is -0.369. The largest absolute Gasteiger partial charge is 0.271 e. The molecule has 26 heavy (non-hydrogen) atoms. The predicted molar refractivity (Wildman–Crippen MR) is 106 cm³/mol. The van der Waals surface area contributed by atoms with E-state index in [-0.39, 0.29) is 18.0 Å². The minimum absolute atomic E-state index is 0.0110. The molecule has 0 aliphatic carbocycles. The summed E-state index contributed by atoms with van der Waals surface area (Å²) in [5.74, 6) is -0.184. The van der Waals surface area contributed by atoms with Gasteiger partial charge in [-0.2, -0.15) is 5.10 Å². The number of rotatable bonds is 5. The maximum Gasteiger partial charge on any atom is 0.258 e. The van der Waals surface area contributed by atoms with Crippen LogP contribution in [0.3, 0.4) is 0 Å². The monoisotopic (exact) mass is 368 g/mol. The number of nitrogens with zero attached hydrogens (tertiary/aromatic N) is 1.